The third-order valence-corrected chi connectivity index (χ3v) is 4.49. The summed E-state index contributed by atoms with van der Waals surface area (Å²) < 4.78 is 25.8. The third kappa shape index (κ3) is 2.65. The zero-order chi connectivity index (χ0) is 13.1. The number of nitrogens with zero attached hydrogens (tertiary/aromatic N) is 3. The summed E-state index contributed by atoms with van der Waals surface area (Å²) in [5.74, 6) is 0. The molecule has 0 amide bonds. The predicted octanol–water partition coefficient (Wildman–Crippen LogP) is 0.951. The molecular weight excluding hydrogens is 240 g/mol. The second kappa shape index (κ2) is 5.29. The van der Waals surface area contributed by atoms with Gasteiger partial charge in [0.15, 0.2) is 0 Å². The second-order valence-corrected chi connectivity index (χ2v) is 5.63. The molecule has 0 aliphatic heterocycles. The maximum Gasteiger partial charge on any atom is 0.247 e. The van der Waals surface area contributed by atoms with E-state index in [4.69, 9.17) is 5.26 Å². The molecule has 0 aliphatic carbocycles. The predicted molar refractivity (Wildman–Crippen MR) is 62.7 cm³/mol. The van der Waals surface area contributed by atoms with Gasteiger partial charge in [0, 0.05) is 6.54 Å². The van der Waals surface area contributed by atoms with Crippen molar-refractivity contribution in [1.29, 1.82) is 5.26 Å². The van der Waals surface area contributed by atoms with Crippen molar-refractivity contribution < 1.29 is 8.42 Å². The number of sulfonamides is 1. The van der Waals surface area contributed by atoms with Crippen LogP contribution in [0, 0.1) is 25.2 Å². The number of nitriles is 1. The molecule has 7 heteroatoms. The molecular formula is C10H16N4O2S. The molecule has 1 aromatic heterocycles. The quantitative estimate of drug-likeness (QED) is 0.794. The molecule has 0 aromatic carbocycles. The number of hydrogen-bond donors (Lipinski definition) is 1. The van der Waals surface area contributed by atoms with Crippen LogP contribution < -0.4 is 0 Å². The normalized spacial score (nSPS) is 11.7. The van der Waals surface area contributed by atoms with Crippen LogP contribution in [0.2, 0.25) is 0 Å². The first-order valence-corrected chi connectivity index (χ1v) is 6.77. The maximum atomic E-state index is 12.3. The zero-order valence-electron chi connectivity index (χ0n) is 10.2. The number of aromatic amines is 1. The highest BCUT2D eigenvalue weighted by Crippen LogP contribution is 2.21. The lowest BCUT2D eigenvalue weighted by Crippen LogP contribution is -2.32. The SMILES string of the molecule is CCCN(CC#N)S(=O)(=O)c1c(C)n[nH]c1C. The van der Waals surface area contributed by atoms with Crippen LogP contribution in [-0.4, -0.2) is 36.0 Å². The van der Waals surface area contributed by atoms with Crippen molar-refractivity contribution in [3.8, 4) is 6.07 Å². The van der Waals surface area contributed by atoms with Gasteiger partial charge in [-0.25, -0.2) is 8.42 Å². The highest BCUT2D eigenvalue weighted by molar-refractivity contribution is 7.89. The third-order valence-electron chi connectivity index (χ3n) is 2.38. The Bertz CT molecular complexity index is 507. The van der Waals surface area contributed by atoms with E-state index in [2.05, 4.69) is 10.2 Å². The fraction of sp³-hybridized carbons (Fsp3) is 0.600. The van der Waals surface area contributed by atoms with Crippen molar-refractivity contribution in [2.75, 3.05) is 13.1 Å². The lowest BCUT2D eigenvalue weighted by Gasteiger charge is -2.18. The maximum absolute atomic E-state index is 12.3. The number of H-pyrrole nitrogens is 1. The van der Waals surface area contributed by atoms with Crippen LogP contribution in [-0.2, 0) is 10.0 Å². The molecule has 0 bridgehead atoms. The summed E-state index contributed by atoms with van der Waals surface area (Å²) in [5, 5.41) is 15.2. The summed E-state index contributed by atoms with van der Waals surface area (Å²) in [6.07, 6.45) is 0.664. The molecule has 17 heavy (non-hydrogen) atoms. The van der Waals surface area contributed by atoms with E-state index in [0.717, 1.165) is 0 Å². The van der Waals surface area contributed by atoms with Crippen LogP contribution in [0.1, 0.15) is 24.7 Å². The first-order chi connectivity index (χ1) is 7.95. The molecule has 94 valence electrons. The summed E-state index contributed by atoms with van der Waals surface area (Å²) >= 11 is 0. The molecule has 0 atom stereocenters. The topological polar surface area (TPSA) is 89.8 Å². The van der Waals surface area contributed by atoms with E-state index in [1.165, 1.54) is 4.31 Å². The molecule has 0 spiro atoms. The molecule has 0 saturated carbocycles. The Morgan fingerprint density at radius 1 is 1.47 bits per heavy atom. The van der Waals surface area contributed by atoms with E-state index < -0.39 is 10.0 Å². The number of aromatic nitrogens is 2. The molecule has 0 unspecified atom stereocenters. The summed E-state index contributed by atoms with van der Waals surface area (Å²) in [7, 11) is -3.63. The Labute approximate surface area is 101 Å². The largest absolute Gasteiger partial charge is 0.281 e. The Kier molecular flexibility index (Phi) is 4.26. The molecule has 0 fully saturated rings. The molecule has 0 aliphatic rings. The van der Waals surface area contributed by atoms with Crippen LogP contribution in [0.5, 0.6) is 0 Å². The highest BCUT2D eigenvalue weighted by Gasteiger charge is 2.28. The van der Waals surface area contributed by atoms with E-state index in [1.54, 1.807) is 13.8 Å². The van der Waals surface area contributed by atoms with Crippen molar-refractivity contribution in [2.24, 2.45) is 0 Å². The lowest BCUT2D eigenvalue weighted by atomic mass is 10.4. The Morgan fingerprint density at radius 3 is 2.53 bits per heavy atom. The van der Waals surface area contributed by atoms with Gasteiger partial charge in [-0.3, -0.25) is 5.10 Å². The molecule has 0 radical (unpaired) electrons. The Balaban J connectivity index is 3.22. The number of hydrogen-bond acceptors (Lipinski definition) is 4. The summed E-state index contributed by atoms with van der Waals surface area (Å²) in [4.78, 5) is 0.182. The van der Waals surface area contributed by atoms with Crippen LogP contribution in [0.15, 0.2) is 4.90 Å². The van der Waals surface area contributed by atoms with Crippen LogP contribution in [0.4, 0.5) is 0 Å². The van der Waals surface area contributed by atoms with E-state index in [9.17, 15) is 8.42 Å². The average Bonchev–Trinajstić information content (AvgIpc) is 2.58. The average molecular weight is 256 g/mol. The monoisotopic (exact) mass is 256 g/mol. The fourth-order valence-electron chi connectivity index (χ4n) is 1.66. The van der Waals surface area contributed by atoms with Crippen molar-refractivity contribution >= 4 is 10.0 Å². The fourth-order valence-corrected chi connectivity index (χ4v) is 3.42. The molecule has 1 heterocycles. The first kappa shape index (κ1) is 13.7. The number of nitrogens with one attached hydrogen (secondary N) is 1. The minimum Gasteiger partial charge on any atom is -0.281 e. The van der Waals surface area contributed by atoms with Gasteiger partial charge in [0.1, 0.15) is 11.4 Å². The summed E-state index contributed by atoms with van der Waals surface area (Å²) in [6, 6.07) is 1.88. The van der Waals surface area contributed by atoms with E-state index in [0.29, 0.717) is 24.4 Å². The van der Waals surface area contributed by atoms with Crippen molar-refractivity contribution in [2.45, 2.75) is 32.1 Å². The van der Waals surface area contributed by atoms with Crippen LogP contribution in [0.3, 0.4) is 0 Å². The van der Waals surface area contributed by atoms with Crippen molar-refractivity contribution in [1.82, 2.24) is 14.5 Å². The lowest BCUT2D eigenvalue weighted by molar-refractivity contribution is 0.443. The minimum absolute atomic E-state index is 0.139. The van der Waals surface area contributed by atoms with Crippen molar-refractivity contribution in [3.05, 3.63) is 11.4 Å². The van der Waals surface area contributed by atoms with Gasteiger partial charge in [0.05, 0.1) is 17.5 Å². The highest BCUT2D eigenvalue weighted by atomic mass is 32.2. The Morgan fingerprint density at radius 2 is 2.12 bits per heavy atom. The smallest absolute Gasteiger partial charge is 0.247 e. The molecule has 1 aromatic rings. The van der Waals surface area contributed by atoms with Crippen LogP contribution in [0.25, 0.3) is 0 Å². The molecule has 0 saturated heterocycles. The molecule has 6 nitrogen and oxygen atoms in total. The van der Waals surface area contributed by atoms with Gasteiger partial charge >= 0.3 is 0 Å². The van der Waals surface area contributed by atoms with Crippen molar-refractivity contribution in [3.63, 3.8) is 0 Å². The van der Waals surface area contributed by atoms with Gasteiger partial charge in [-0.05, 0) is 20.3 Å². The van der Waals surface area contributed by atoms with Gasteiger partial charge in [-0.1, -0.05) is 6.92 Å². The molecule has 1 rings (SSSR count). The zero-order valence-corrected chi connectivity index (χ0v) is 11.0. The standard InChI is InChI=1S/C10H16N4O2S/c1-4-6-14(7-5-11)17(15,16)10-8(2)12-13-9(10)3/h4,6-7H2,1-3H3,(H,12,13). The second-order valence-electron chi connectivity index (χ2n) is 3.76. The Hall–Kier alpha value is -1.39. The van der Waals surface area contributed by atoms with Gasteiger partial charge < -0.3 is 0 Å². The van der Waals surface area contributed by atoms with E-state index >= 15 is 0 Å². The van der Waals surface area contributed by atoms with E-state index in [-0.39, 0.29) is 11.4 Å². The van der Waals surface area contributed by atoms with Gasteiger partial charge in [0.25, 0.3) is 0 Å². The number of rotatable bonds is 5. The molecule has 1 N–H and O–H groups in total. The van der Waals surface area contributed by atoms with Gasteiger partial charge in [-0.15, -0.1) is 0 Å². The minimum atomic E-state index is -3.63. The van der Waals surface area contributed by atoms with Gasteiger partial charge in [0.2, 0.25) is 10.0 Å². The number of aryl methyl sites for hydroxylation is 2. The summed E-state index contributed by atoms with van der Waals surface area (Å²) in [6.45, 7) is 5.35. The first-order valence-electron chi connectivity index (χ1n) is 5.33. The van der Waals surface area contributed by atoms with E-state index in [1.807, 2.05) is 13.0 Å². The van der Waals surface area contributed by atoms with Gasteiger partial charge in [-0.2, -0.15) is 14.7 Å². The van der Waals surface area contributed by atoms with Crippen LogP contribution >= 0.6 is 0 Å². The summed E-state index contributed by atoms with van der Waals surface area (Å²) in [5.41, 5.74) is 0.933.